The number of piperidine rings is 1. The summed E-state index contributed by atoms with van der Waals surface area (Å²) in [6.45, 7) is 5.70. The third kappa shape index (κ3) is 6.55. The first-order valence-corrected chi connectivity index (χ1v) is 9.75. The van der Waals surface area contributed by atoms with E-state index < -0.39 is 0 Å². The van der Waals surface area contributed by atoms with Crippen LogP contribution in [0.5, 0.6) is 0 Å². The van der Waals surface area contributed by atoms with Crippen molar-refractivity contribution in [3.05, 3.63) is 0 Å². The molecule has 1 saturated carbocycles. The molecule has 1 aliphatic carbocycles. The number of rotatable bonds is 7. The molecule has 0 radical (unpaired) electrons. The van der Waals surface area contributed by atoms with Gasteiger partial charge in [0.05, 0.1) is 12.5 Å². The molecule has 1 aliphatic heterocycles. The summed E-state index contributed by atoms with van der Waals surface area (Å²) in [6.07, 6.45) is 8.12. The molecule has 1 N–H and O–H groups in total. The molecule has 0 aromatic rings. The van der Waals surface area contributed by atoms with Crippen LogP contribution in [-0.2, 0) is 14.3 Å². The summed E-state index contributed by atoms with van der Waals surface area (Å²) < 4.78 is 10.5. The summed E-state index contributed by atoms with van der Waals surface area (Å²) in [5.74, 6) is 0.800. The zero-order chi connectivity index (χ0) is 18.1. The summed E-state index contributed by atoms with van der Waals surface area (Å²) in [5, 5.41) is 3.59. The minimum atomic E-state index is -0.0741. The Kier molecular flexibility index (Phi) is 10.8. The molecule has 1 atom stereocenters. The van der Waals surface area contributed by atoms with Gasteiger partial charge in [-0.15, -0.1) is 24.0 Å². The molecular formula is C19H36IN3O3. The van der Waals surface area contributed by atoms with Gasteiger partial charge in [0, 0.05) is 40.4 Å². The molecule has 0 spiro atoms. The quantitative estimate of drug-likeness (QED) is 0.262. The van der Waals surface area contributed by atoms with Crippen molar-refractivity contribution in [2.45, 2.75) is 51.9 Å². The number of methoxy groups -OCH3 is 1. The Morgan fingerprint density at radius 1 is 1.31 bits per heavy atom. The lowest BCUT2D eigenvalue weighted by Crippen LogP contribution is -2.50. The van der Waals surface area contributed by atoms with Crippen molar-refractivity contribution < 1.29 is 14.3 Å². The lowest BCUT2D eigenvalue weighted by molar-refractivity contribution is -0.149. The summed E-state index contributed by atoms with van der Waals surface area (Å²) in [5.41, 5.74) is 0.322. The second-order valence-corrected chi connectivity index (χ2v) is 7.39. The maximum Gasteiger partial charge on any atom is 0.310 e. The van der Waals surface area contributed by atoms with Crippen LogP contribution in [0.3, 0.4) is 0 Å². The number of hydrogen-bond acceptors (Lipinski definition) is 4. The van der Waals surface area contributed by atoms with E-state index in [4.69, 9.17) is 9.47 Å². The summed E-state index contributed by atoms with van der Waals surface area (Å²) in [4.78, 5) is 18.8. The summed E-state index contributed by atoms with van der Waals surface area (Å²) >= 11 is 0. The lowest BCUT2D eigenvalue weighted by Gasteiger charge is -2.36. The highest BCUT2D eigenvalue weighted by atomic mass is 127. The minimum Gasteiger partial charge on any atom is -0.466 e. The maximum atomic E-state index is 12.1. The van der Waals surface area contributed by atoms with Gasteiger partial charge in [0.2, 0.25) is 0 Å². The Morgan fingerprint density at radius 2 is 2.04 bits per heavy atom. The molecule has 26 heavy (non-hydrogen) atoms. The Labute approximate surface area is 175 Å². The molecule has 0 bridgehead atoms. The van der Waals surface area contributed by atoms with Crippen molar-refractivity contribution in [2.24, 2.45) is 16.3 Å². The van der Waals surface area contributed by atoms with Crippen LogP contribution in [0.1, 0.15) is 51.9 Å². The summed E-state index contributed by atoms with van der Waals surface area (Å²) in [6, 6.07) is 0. The van der Waals surface area contributed by atoms with Gasteiger partial charge >= 0.3 is 5.97 Å². The molecule has 0 aromatic carbocycles. The number of carbonyl (C=O) groups is 1. The molecule has 6 nitrogen and oxygen atoms in total. The monoisotopic (exact) mass is 481 g/mol. The molecule has 0 unspecified atom stereocenters. The fourth-order valence-corrected chi connectivity index (χ4v) is 4.18. The van der Waals surface area contributed by atoms with Gasteiger partial charge in [-0.25, -0.2) is 0 Å². The van der Waals surface area contributed by atoms with Gasteiger partial charge in [-0.2, -0.15) is 0 Å². The highest BCUT2D eigenvalue weighted by Crippen LogP contribution is 2.40. The van der Waals surface area contributed by atoms with E-state index in [9.17, 15) is 4.79 Å². The van der Waals surface area contributed by atoms with Crippen molar-refractivity contribution in [3.8, 4) is 0 Å². The van der Waals surface area contributed by atoms with Gasteiger partial charge in [-0.05, 0) is 44.4 Å². The van der Waals surface area contributed by atoms with Gasteiger partial charge in [0.15, 0.2) is 5.96 Å². The number of carbonyl (C=O) groups excluding carboxylic acids is 1. The van der Waals surface area contributed by atoms with Crippen LogP contribution in [-0.4, -0.2) is 63.8 Å². The van der Waals surface area contributed by atoms with Crippen molar-refractivity contribution >= 4 is 35.9 Å². The summed E-state index contributed by atoms with van der Waals surface area (Å²) in [7, 11) is 3.60. The van der Waals surface area contributed by atoms with Crippen molar-refractivity contribution in [1.29, 1.82) is 0 Å². The molecule has 2 aliphatic rings. The minimum absolute atomic E-state index is 0. The number of ether oxygens (including phenoxy) is 2. The number of halogens is 1. The van der Waals surface area contributed by atoms with E-state index in [2.05, 4.69) is 15.2 Å². The zero-order valence-electron chi connectivity index (χ0n) is 16.6. The standard InChI is InChI=1S/C19H35N3O3.HI/c1-4-25-17(23)16-8-7-12-22(14-16)18(20-2)21-15-19(11-13-24-3)9-5-6-10-19;/h16H,4-15H2,1-3H3,(H,20,21);1H/t16-;/m0./s1. The first kappa shape index (κ1) is 23.5. The van der Waals surface area contributed by atoms with E-state index >= 15 is 0 Å². The molecule has 7 heteroatoms. The van der Waals surface area contributed by atoms with Gasteiger partial charge in [0.1, 0.15) is 0 Å². The molecule has 0 amide bonds. The number of likely N-dealkylation sites (tertiary alicyclic amines) is 1. The zero-order valence-corrected chi connectivity index (χ0v) is 18.9. The fourth-order valence-electron chi connectivity index (χ4n) is 4.18. The van der Waals surface area contributed by atoms with Crippen molar-refractivity contribution in [3.63, 3.8) is 0 Å². The fraction of sp³-hybridized carbons (Fsp3) is 0.895. The first-order valence-electron chi connectivity index (χ1n) is 9.75. The molecule has 152 valence electrons. The van der Waals surface area contributed by atoms with Crippen LogP contribution >= 0.6 is 24.0 Å². The number of hydrogen-bond donors (Lipinski definition) is 1. The van der Waals surface area contributed by atoms with E-state index in [0.29, 0.717) is 18.6 Å². The molecule has 2 fully saturated rings. The smallest absolute Gasteiger partial charge is 0.310 e. The molecule has 1 saturated heterocycles. The van der Waals surface area contributed by atoms with Crippen LogP contribution in [0.15, 0.2) is 4.99 Å². The number of nitrogens with zero attached hydrogens (tertiary/aromatic N) is 2. The van der Waals surface area contributed by atoms with Gasteiger partial charge in [0.25, 0.3) is 0 Å². The van der Waals surface area contributed by atoms with Crippen LogP contribution in [0.2, 0.25) is 0 Å². The van der Waals surface area contributed by atoms with Crippen molar-refractivity contribution in [1.82, 2.24) is 10.2 Å². The van der Waals surface area contributed by atoms with Crippen LogP contribution in [0.25, 0.3) is 0 Å². The Hall–Kier alpha value is -0.570. The van der Waals surface area contributed by atoms with Crippen molar-refractivity contribution in [2.75, 3.05) is 47.0 Å². The van der Waals surface area contributed by atoms with Gasteiger partial charge in [-0.1, -0.05) is 12.8 Å². The highest BCUT2D eigenvalue weighted by Gasteiger charge is 2.34. The lowest BCUT2D eigenvalue weighted by atomic mass is 9.83. The second-order valence-electron chi connectivity index (χ2n) is 7.39. The maximum absolute atomic E-state index is 12.1. The number of aliphatic imine (C=N–C) groups is 1. The number of nitrogens with one attached hydrogen (secondary N) is 1. The third-order valence-corrected chi connectivity index (χ3v) is 5.67. The first-order chi connectivity index (χ1) is 12.1. The van der Waals surface area contributed by atoms with Crippen LogP contribution < -0.4 is 5.32 Å². The topological polar surface area (TPSA) is 63.2 Å². The van der Waals surface area contributed by atoms with E-state index in [1.165, 1.54) is 25.7 Å². The van der Waals surface area contributed by atoms with E-state index in [1.54, 1.807) is 7.11 Å². The largest absolute Gasteiger partial charge is 0.466 e. The molecular weight excluding hydrogens is 445 g/mol. The SMILES string of the molecule is CCOC(=O)[C@H]1CCCN(C(=NC)NCC2(CCOC)CCCC2)C1.I. The number of guanidine groups is 1. The molecule has 1 heterocycles. The van der Waals surface area contributed by atoms with Crippen LogP contribution in [0.4, 0.5) is 0 Å². The van der Waals surface area contributed by atoms with Gasteiger partial charge < -0.3 is 19.7 Å². The van der Waals surface area contributed by atoms with Crippen LogP contribution in [0, 0.1) is 11.3 Å². The second kappa shape index (κ2) is 12.0. The molecule has 0 aromatic heterocycles. The average molecular weight is 481 g/mol. The van der Waals surface area contributed by atoms with E-state index in [-0.39, 0.29) is 35.9 Å². The van der Waals surface area contributed by atoms with E-state index in [1.807, 2.05) is 14.0 Å². The Bertz CT molecular complexity index is 453. The predicted octanol–water partition coefficient (Wildman–Crippen LogP) is 3.05. The van der Waals surface area contributed by atoms with E-state index in [0.717, 1.165) is 44.9 Å². The normalized spacial score (nSPS) is 22.7. The highest BCUT2D eigenvalue weighted by molar-refractivity contribution is 14.0. The molecule has 2 rings (SSSR count). The number of esters is 1. The Balaban J connectivity index is 0.00000338. The van der Waals surface area contributed by atoms with Gasteiger partial charge in [-0.3, -0.25) is 9.79 Å². The Morgan fingerprint density at radius 3 is 2.65 bits per heavy atom. The third-order valence-electron chi connectivity index (χ3n) is 5.67. The predicted molar refractivity (Wildman–Crippen MR) is 115 cm³/mol. The average Bonchev–Trinajstić information content (AvgIpc) is 3.10.